The minimum absolute atomic E-state index is 0.280. The van der Waals surface area contributed by atoms with E-state index in [0.29, 0.717) is 0 Å². The van der Waals surface area contributed by atoms with E-state index in [-0.39, 0.29) is 6.04 Å². The molecule has 1 atom stereocenters. The van der Waals surface area contributed by atoms with Gasteiger partial charge >= 0.3 is 0 Å². The fraction of sp³-hybridized carbons (Fsp3) is 0.318. The van der Waals surface area contributed by atoms with Gasteiger partial charge < -0.3 is 9.51 Å². The van der Waals surface area contributed by atoms with E-state index in [1.165, 1.54) is 22.9 Å². The topological polar surface area (TPSA) is 70.8 Å². The first kappa shape index (κ1) is 17.1. The molecule has 0 bridgehead atoms. The van der Waals surface area contributed by atoms with E-state index in [1.807, 2.05) is 26.2 Å². The van der Waals surface area contributed by atoms with Crippen molar-refractivity contribution < 1.29 is 4.52 Å². The van der Waals surface area contributed by atoms with E-state index >= 15 is 0 Å². The van der Waals surface area contributed by atoms with E-state index in [2.05, 4.69) is 44.3 Å². The van der Waals surface area contributed by atoms with E-state index in [4.69, 9.17) is 9.51 Å². The van der Waals surface area contributed by atoms with Gasteiger partial charge in [-0.3, -0.25) is 9.88 Å². The van der Waals surface area contributed by atoms with Gasteiger partial charge in [0.05, 0.1) is 41.1 Å². The van der Waals surface area contributed by atoms with Crippen LogP contribution in [0.3, 0.4) is 0 Å². The molecule has 0 radical (unpaired) electrons. The van der Waals surface area contributed by atoms with Crippen LogP contribution in [0, 0.1) is 13.8 Å². The summed E-state index contributed by atoms with van der Waals surface area (Å²) in [7, 11) is 0. The summed E-state index contributed by atoms with van der Waals surface area (Å²) >= 11 is 0. The van der Waals surface area contributed by atoms with E-state index in [9.17, 15) is 0 Å². The van der Waals surface area contributed by atoms with Crippen molar-refractivity contribution in [3.05, 3.63) is 65.6 Å². The summed E-state index contributed by atoms with van der Waals surface area (Å²) in [6.45, 7) is 5.85. The molecule has 0 amide bonds. The second kappa shape index (κ2) is 6.87. The number of benzene rings is 1. The van der Waals surface area contributed by atoms with Gasteiger partial charge in [0.2, 0.25) is 0 Å². The number of nitrogens with zero attached hydrogens (tertiary/aromatic N) is 4. The first-order valence-corrected chi connectivity index (χ1v) is 9.75. The summed E-state index contributed by atoms with van der Waals surface area (Å²) in [6, 6.07) is 8.91. The number of H-pyrrole nitrogens is 1. The lowest BCUT2D eigenvalue weighted by Gasteiger charge is -2.24. The zero-order valence-corrected chi connectivity index (χ0v) is 16.1. The Morgan fingerprint density at radius 1 is 1.21 bits per heavy atom. The molecule has 142 valence electrons. The summed E-state index contributed by atoms with van der Waals surface area (Å²) in [6.07, 6.45) is 7.99. The molecule has 0 unspecified atom stereocenters. The summed E-state index contributed by atoms with van der Waals surface area (Å²) < 4.78 is 5.32. The summed E-state index contributed by atoms with van der Waals surface area (Å²) in [5.41, 5.74) is 6.21. The van der Waals surface area contributed by atoms with Crippen molar-refractivity contribution in [1.82, 2.24) is 25.0 Å². The van der Waals surface area contributed by atoms with Crippen molar-refractivity contribution in [3.63, 3.8) is 0 Å². The Balaban J connectivity index is 1.46. The van der Waals surface area contributed by atoms with Crippen LogP contribution in [-0.2, 0) is 6.54 Å². The normalized spacial score (nSPS) is 17.6. The van der Waals surface area contributed by atoms with Crippen LogP contribution >= 0.6 is 0 Å². The molecule has 4 aromatic rings. The molecular weight excluding hydrogens is 350 g/mol. The maximum Gasteiger partial charge on any atom is 0.143 e. The zero-order valence-electron chi connectivity index (χ0n) is 16.1. The molecule has 0 aliphatic carbocycles. The number of fused-ring (bicyclic) bond motifs is 1. The van der Waals surface area contributed by atoms with Crippen LogP contribution in [0.15, 0.2) is 47.4 Å². The molecule has 6 heteroatoms. The zero-order chi connectivity index (χ0) is 19.1. The summed E-state index contributed by atoms with van der Waals surface area (Å²) in [4.78, 5) is 15.3. The lowest BCUT2D eigenvalue weighted by molar-refractivity contribution is 0.245. The number of aromatic amines is 1. The molecule has 1 aliphatic rings. The Morgan fingerprint density at radius 3 is 3.00 bits per heavy atom. The SMILES string of the molecule is Cc1noc(C)c1-c1cncc([C@H]2CCCN2Cc2cccc3[nH]ccc23)n1. The first-order valence-electron chi connectivity index (χ1n) is 9.75. The molecule has 4 heterocycles. The van der Waals surface area contributed by atoms with Crippen LogP contribution < -0.4 is 0 Å². The number of hydrogen-bond acceptors (Lipinski definition) is 5. The molecule has 0 spiro atoms. The number of likely N-dealkylation sites (tertiary alicyclic amines) is 1. The highest BCUT2D eigenvalue weighted by Crippen LogP contribution is 2.34. The number of aromatic nitrogens is 4. The molecule has 1 N–H and O–H groups in total. The van der Waals surface area contributed by atoms with E-state index in [0.717, 1.165) is 47.9 Å². The number of nitrogens with one attached hydrogen (secondary N) is 1. The highest BCUT2D eigenvalue weighted by molar-refractivity contribution is 5.82. The number of hydrogen-bond donors (Lipinski definition) is 1. The standard InChI is InChI=1S/C22H23N5O/c1-14-22(15(2)28-26-14)20-12-23-11-19(25-20)21-7-4-10-27(21)13-16-5-3-6-18-17(16)8-9-24-18/h3,5-6,8-9,11-12,21,24H,4,7,10,13H2,1-2H3/t21-/m1/s1. The third-order valence-electron chi connectivity index (χ3n) is 5.71. The van der Waals surface area contributed by atoms with Crippen molar-refractivity contribution in [2.45, 2.75) is 39.3 Å². The number of aryl methyl sites for hydroxylation is 2. The van der Waals surface area contributed by atoms with Gasteiger partial charge in [0.1, 0.15) is 5.76 Å². The maximum atomic E-state index is 5.32. The lowest BCUT2D eigenvalue weighted by atomic mass is 10.1. The summed E-state index contributed by atoms with van der Waals surface area (Å²) in [5.74, 6) is 0.784. The predicted octanol–water partition coefficient (Wildman–Crippen LogP) is 4.57. The highest BCUT2D eigenvalue weighted by Gasteiger charge is 2.28. The quantitative estimate of drug-likeness (QED) is 0.567. The van der Waals surface area contributed by atoms with Gasteiger partial charge in [-0.15, -0.1) is 0 Å². The van der Waals surface area contributed by atoms with Crippen molar-refractivity contribution in [3.8, 4) is 11.3 Å². The second-order valence-electron chi connectivity index (χ2n) is 7.51. The third-order valence-corrected chi connectivity index (χ3v) is 5.71. The smallest absolute Gasteiger partial charge is 0.143 e. The maximum absolute atomic E-state index is 5.32. The fourth-order valence-corrected chi connectivity index (χ4v) is 4.37. The summed E-state index contributed by atoms with van der Waals surface area (Å²) in [5, 5.41) is 5.35. The van der Waals surface area contributed by atoms with Crippen molar-refractivity contribution in [2.75, 3.05) is 6.54 Å². The molecule has 5 rings (SSSR count). The molecule has 3 aromatic heterocycles. The average Bonchev–Trinajstić information content (AvgIpc) is 3.43. The molecule has 1 saturated heterocycles. The van der Waals surface area contributed by atoms with Crippen molar-refractivity contribution in [2.24, 2.45) is 0 Å². The molecule has 6 nitrogen and oxygen atoms in total. The fourth-order valence-electron chi connectivity index (χ4n) is 4.37. The average molecular weight is 373 g/mol. The lowest BCUT2D eigenvalue weighted by Crippen LogP contribution is -2.23. The molecule has 1 fully saturated rings. The van der Waals surface area contributed by atoms with Gasteiger partial charge in [0.25, 0.3) is 0 Å². The van der Waals surface area contributed by atoms with Gasteiger partial charge in [-0.05, 0) is 50.9 Å². The minimum Gasteiger partial charge on any atom is -0.361 e. The molecule has 1 aliphatic heterocycles. The van der Waals surface area contributed by atoms with E-state index < -0.39 is 0 Å². The Kier molecular flexibility index (Phi) is 4.20. The Hall–Kier alpha value is -2.99. The highest BCUT2D eigenvalue weighted by atomic mass is 16.5. The monoisotopic (exact) mass is 373 g/mol. The van der Waals surface area contributed by atoms with Crippen LogP contribution in [0.1, 0.15) is 41.6 Å². The second-order valence-corrected chi connectivity index (χ2v) is 7.51. The van der Waals surface area contributed by atoms with Crippen LogP contribution in [0.5, 0.6) is 0 Å². The van der Waals surface area contributed by atoms with Gasteiger partial charge in [-0.1, -0.05) is 17.3 Å². The Bertz CT molecular complexity index is 1110. The predicted molar refractivity (Wildman–Crippen MR) is 108 cm³/mol. The minimum atomic E-state index is 0.280. The van der Waals surface area contributed by atoms with Gasteiger partial charge in [0, 0.05) is 23.6 Å². The third kappa shape index (κ3) is 2.90. The first-order chi connectivity index (χ1) is 13.7. The molecule has 28 heavy (non-hydrogen) atoms. The van der Waals surface area contributed by atoms with Crippen LogP contribution in [0.25, 0.3) is 22.2 Å². The molecular formula is C22H23N5O. The Labute approximate surface area is 163 Å². The largest absolute Gasteiger partial charge is 0.361 e. The van der Waals surface area contributed by atoms with Crippen LogP contribution in [0.4, 0.5) is 0 Å². The number of rotatable bonds is 4. The van der Waals surface area contributed by atoms with Gasteiger partial charge in [-0.2, -0.15) is 0 Å². The van der Waals surface area contributed by atoms with Crippen LogP contribution in [0.2, 0.25) is 0 Å². The van der Waals surface area contributed by atoms with Gasteiger partial charge in [-0.25, -0.2) is 4.98 Å². The van der Waals surface area contributed by atoms with Crippen molar-refractivity contribution >= 4 is 10.9 Å². The molecule has 0 saturated carbocycles. The van der Waals surface area contributed by atoms with E-state index in [1.54, 1.807) is 6.20 Å². The van der Waals surface area contributed by atoms with Crippen molar-refractivity contribution in [1.29, 1.82) is 0 Å². The Morgan fingerprint density at radius 2 is 2.14 bits per heavy atom. The van der Waals surface area contributed by atoms with Crippen LogP contribution in [-0.4, -0.2) is 31.6 Å². The molecule has 1 aromatic carbocycles. The van der Waals surface area contributed by atoms with Gasteiger partial charge in [0.15, 0.2) is 0 Å².